The number of piperidine rings is 2. The molecule has 7 nitrogen and oxygen atoms in total. The summed E-state index contributed by atoms with van der Waals surface area (Å²) in [5.74, 6) is 0.927. The predicted octanol–water partition coefficient (Wildman–Crippen LogP) is 6.21. The Bertz CT molecular complexity index is 1240. The minimum atomic E-state index is -0.262. The van der Waals surface area contributed by atoms with E-state index in [1.807, 2.05) is 23.1 Å². The molecule has 8 heteroatoms. The number of ketones is 1. The number of hydrogen-bond donors (Lipinski definition) is 1. The van der Waals surface area contributed by atoms with Gasteiger partial charge in [0.2, 0.25) is 5.91 Å². The Balaban J connectivity index is 1.24. The Labute approximate surface area is 242 Å². The van der Waals surface area contributed by atoms with Crippen molar-refractivity contribution < 1.29 is 19.1 Å². The van der Waals surface area contributed by atoms with Crippen molar-refractivity contribution in [3.05, 3.63) is 58.6 Å². The summed E-state index contributed by atoms with van der Waals surface area (Å²) in [5.41, 5.74) is 2.51. The maximum absolute atomic E-state index is 13.1. The highest BCUT2D eigenvalue weighted by Crippen LogP contribution is 2.36. The number of nitrogens with one attached hydrogen (secondary N) is 1. The van der Waals surface area contributed by atoms with Crippen molar-refractivity contribution in [2.75, 3.05) is 43.5 Å². The highest BCUT2D eigenvalue weighted by atomic mass is 35.5. The van der Waals surface area contributed by atoms with Crippen LogP contribution in [0.3, 0.4) is 0 Å². The topological polar surface area (TPSA) is 79.0 Å². The summed E-state index contributed by atoms with van der Waals surface area (Å²) in [4.78, 5) is 43.3. The number of ether oxygens (including phenoxy) is 1. The fourth-order valence-electron chi connectivity index (χ4n) is 5.80. The number of carbonyl (C=O) groups is 3. The zero-order valence-electron chi connectivity index (χ0n) is 23.6. The number of halogens is 1. The lowest BCUT2D eigenvalue weighted by atomic mass is 9.90. The van der Waals surface area contributed by atoms with E-state index in [1.165, 1.54) is 0 Å². The van der Waals surface area contributed by atoms with Gasteiger partial charge < -0.3 is 19.9 Å². The molecule has 2 aromatic carbocycles. The van der Waals surface area contributed by atoms with Crippen LogP contribution >= 0.6 is 11.6 Å². The normalized spacial score (nSPS) is 19.4. The van der Waals surface area contributed by atoms with Gasteiger partial charge in [0, 0.05) is 62.3 Å². The van der Waals surface area contributed by atoms with E-state index >= 15 is 0 Å². The summed E-state index contributed by atoms with van der Waals surface area (Å²) < 4.78 is 5.62. The summed E-state index contributed by atoms with van der Waals surface area (Å²) in [5, 5.41) is 3.55. The van der Waals surface area contributed by atoms with E-state index in [0.29, 0.717) is 46.5 Å². The molecule has 2 saturated heterocycles. The predicted molar refractivity (Wildman–Crippen MR) is 158 cm³/mol. The lowest BCUT2D eigenvalue weighted by Crippen LogP contribution is -2.46. The Kier molecular flexibility index (Phi) is 8.81. The molecule has 5 rings (SSSR count). The molecule has 1 N–H and O–H groups in total. The van der Waals surface area contributed by atoms with Gasteiger partial charge in [0.05, 0.1) is 17.0 Å². The fourth-order valence-corrected chi connectivity index (χ4v) is 5.99. The van der Waals surface area contributed by atoms with Gasteiger partial charge in [-0.25, -0.2) is 0 Å². The third-order valence-electron chi connectivity index (χ3n) is 8.91. The van der Waals surface area contributed by atoms with Crippen LogP contribution in [0.25, 0.3) is 0 Å². The van der Waals surface area contributed by atoms with Crippen molar-refractivity contribution in [3.8, 4) is 0 Å². The van der Waals surface area contributed by atoms with E-state index in [1.54, 1.807) is 31.4 Å². The zero-order chi connectivity index (χ0) is 28.3. The number of likely N-dealkylation sites (tertiary alicyclic amines) is 1. The smallest absolute Gasteiger partial charge is 0.255 e. The van der Waals surface area contributed by atoms with Crippen LogP contribution in [0, 0.1) is 11.8 Å². The van der Waals surface area contributed by atoms with Crippen molar-refractivity contribution in [2.45, 2.75) is 63.9 Å². The molecule has 40 heavy (non-hydrogen) atoms. The van der Waals surface area contributed by atoms with Gasteiger partial charge in [-0.15, -0.1) is 0 Å². The molecule has 1 saturated carbocycles. The number of anilines is 2. The van der Waals surface area contributed by atoms with Gasteiger partial charge in [-0.2, -0.15) is 0 Å². The molecule has 0 spiro atoms. The third-order valence-corrected chi connectivity index (χ3v) is 9.14. The van der Waals surface area contributed by atoms with E-state index < -0.39 is 0 Å². The molecule has 214 valence electrons. The van der Waals surface area contributed by atoms with Crippen molar-refractivity contribution in [1.29, 1.82) is 0 Å². The SMILES string of the molecule is COC1(C)CCN(C(=O)CC2CCN(c3ccc(C(=O)CC4CC4)cc3NC(=O)c3cccc(Cl)c3)CC2)CC1. The maximum Gasteiger partial charge on any atom is 0.255 e. The standard InChI is InChI=1S/C32H40ClN3O4/c1-32(40-2)12-16-36(17-13-32)30(38)19-23-10-14-35(15-11-23)28-9-8-24(29(37)18-22-6-7-22)21-27(28)34-31(39)25-4-3-5-26(33)20-25/h3-5,8-9,20-23H,6-7,10-19H2,1-2H3,(H,34,39). The Morgan fingerprint density at radius 1 is 0.925 bits per heavy atom. The number of nitrogens with zero attached hydrogens (tertiary/aromatic N) is 2. The van der Waals surface area contributed by atoms with Gasteiger partial charge >= 0.3 is 0 Å². The van der Waals surface area contributed by atoms with Crippen LogP contribution in [0.5, 0.6) is 0 Å². The second kappa shape index (κ2) is 12.3. The van der Waals surface area contributed by atoms with E-state index in [9.17, 15) is 14.4 Å². The lowest BCUT2D eigenvalue weighted by molar-refractivity contribution is -0.137. The van der Waals surface area contributed by atoms with Gasteiger partial charge in [0.25, 0.3) is 5.91 Å². The molecular formula is C32H40ClN3O4. The number of hydrogen-bond acceptors (Lipinski definition) is 5. The summed E-state index contributed by atoms with van der Waals surface area (Å²) in [6, 6.07) is 12.5. The van der Waals surface area contributed by atoms with Crippen LogP contribution < -0.4 is 10.2 Å². The first-order valence-electron chi connectivity index (χ1n) is 14.5. The summed E-state index contributed by atoms with van der Waals surface area (Å²) in [6.45, 7) is 5.20. The van der Waals surface area contributed by atoms with Gasteiger partial charge in [0.15, 0.2) is 5.78 Å². The number of carbonyl (C=O) groups excluding carboxylic acids is 3. The molecule has 0 aromatic heterocycles. The minimum Gasteiger partial charge on any atom is -0.378 e. The van der Waals surface area contributed by atoms with Crippen LogP contribution in [0.15, 0.2) is 42.5 Å². The van der Waals surface area contributed by atoms with E-state index in [0.717, 1.165) is 70.4 Å². The molecule has 1 aliphatic carbocycles. The maximum atomic E-state index is 13.1. The van der Waals surface area contributed by atoms with E-state index in [4.69, 9.17) is 16.3 Å². The number of amides is 2. The first-order chi connectivity index (χ1) is 19.2. The number of rotatable bonds is 9. The highest BCUT2D eigenvalue weighted by Gasteiger charge is 2.33. The zero-order valence-corrected chi connectivity index (χ0v) is 24.3. The van der Waals surface area contributed by atoms with Crippen LogP contribution in [0.1, 0.15) is 79.0 Å². The molecule has 2 aromatic rings. The molecule has 2 aliphatic heterocycles. The molecule has 2 amide bonds. The quantitative estimate of drug-likeness (QED) is 0.366. The van der Waals surface area contributed by atoms with Crippen LogP contribution in [-0.2, 0) is 9.53 Å². The third kappa shape index (κ3) is 7.05. The van der Waals surface area contributed by atoms with Crippen LogP contribution in [0.4, 0.5) is 11.4 Å². The van der Waals surface area contributed by atoms with Crippen molar-refractivity contribution in [3.63, 3.8) is 0 Å². The highest BCUT2D eigenvalue weighted by molar-refractivity contribution is 6.31. The summed E-state index contributed by atoms with van der Waals surface area (Å²) >= 11 is 6.12. The monoisotopic (exact) mass is 565 g/mol. The Morgan fingerprint density at radius 2 is 1.62 bits per heavy atom. The molecule has 3 aliphatic rings. The Morgan fingerprint density at radius 3 is 2.27 bits per heavy atom. The second-order valence-corrected chi connectivity index (χ2v) is 12.4. The molecule has 0 atom stereocenters. The van der Waals surface area contributed by atoms with Gasteiger partial charge in [-0.3, -0.25) is 14.4 Å². The Hall–Kier alpha value is -2.90. The summed E-state index contributed by atoms with van der Waals surface area (Å²) in [6.07, 6.45) is 6.91. The molecule has 2 heterocycles. The average molecular weight is 566 g/mol. The van der Waals surface area contributed by atoms with Crippen molar-refractivity contribution >= 4 is 40.6 Å². The second-order valence-electron chi connectivity index (χ2n) is 11.9. The van der Waals surface area contributed by atoms with E-state index in [-0.39, 0.29) is 23.2 Å². The first kappa shape index (κ1) is 28.6. The first-order valence-corrected chi connectivity index (χ1v) is 14.9. The average Bonchev–Trinajstić information content (AvgIpc) is 3.78. The van der Waals surface area contributed by atoms with Crippen LogP contribution in [0.2, 0.25) is 5.02 Å². The lowest BCUT2D eigenvalue weighted by Gasteiger charge is -2.39. The summed E-state index contributed by atoms with van der Waals surface area (Å²) in [7, 11) is 1.75. The van der Waals surface area contributed by atoms with Gasteiger partial charge in [-0.05, 0) is 93.7 Å². The van der Waals surface area contributed by atoms with E-state index in [2.05, 4.69) is 17.1 Å². The number of benzene rings is 2. The minimum absolute atomic E-state index is 0.119. The van der Waals surface area contributed by atoms with Gasteiger partial charge in [-0.1, -0.05) is 17.7 Å². The van der Waals surface area contributed by atoms with Gasteiger partial charge in [0.1, 0.15) is 0 Å². The number of methoxy groups -OCH3 is 1. The van der Waals surface area contributed by atoms with Crippen molar-refractivity contribution in [1.82, 2.24) is 4.90 Å². The molecule has 0 bridgehead atoms. The molecule has 3 fully saturated rings. The molecule has 0 unspecified atom stereocenters. The molecular weight excluding hydrogens is 526 g/mol. The largest absolute Gasteiger partial charge is 0.378 e. The van der Waals surface area contributed by atoms with Crippen LogP contribution in [-0.4, -0.2) is 61.4 Å². The molecule has 0 radical (unpaired) electrons. The van der Waals surface area contributed by atoms with Crippen molar-refractivity contribution in [2.24, 2.45) is 11.8 Å². The number of Topliss-reactive ketones (excluding diaryl/α,β-unsaturated/α-hetero) is 1. The fraction of sp³-hybridized carbons (Fsp3) is 0.531.